The number of hydrogen-bond donors (Lipinski definition) is 0. The minimum Gasteiger partial charge on any atom is -0.431 e. The van der Waals surface area contributed by atoms with Crippen LogP contribution in [0.15, 0.2) is 33.9 Å². The van der Waals surface area contributed by atoms with E-state index in [2.05, 4.69) is 5.18 Å². The number of halogens is 1. The number of hydrogen-bond acceptors (Lipinski definition) is 3. The Kier molecular flexibility index (Phi) is 1.81. The molecule has 0 aliphatic rings. The van der Waals surface area contributed by atoms with Gasteiger partial charge >= 0.3 is 0 Å². The highest BCUT2D eigenvalue weighted by Gasteiger charge is 2.03. The van der Waals surface area contributed by atoms with Gasteiger partial charge in [-0.05, 0) is 17.7 Å². The molecule has 1 heterocycles. The first kappa shape index (κ1) is 7.91. The molecule has 0 unspecified atom stereocenters. The summed E-state index contributed by atoms with van der Waals surface area (Å²) in [6.45, 7) is 0.0999. The first-order valence-corrected chi connectivity index (χ1v) is 3.76. The van der Waals surface area contributed by atoms with Crippen molar-refractivity contribution in [3.63, 3.8) is 0 Å². The monoisotopic (exact) mass is 179 g/mol. The van der Waals surface area contributed by atoms with Crippen molar-refractivity contribution in [1.82, 2.24) is 0 Å². The van der Waals surface area contributed by atoms with Crippen molar-refractivity contribution < 1.29 is 8.81 Å². The number of nitroso groups, excluding NO2 is 1. The zero-order valence-electron chi connectivity index (χ0n) is 6.66. The van der Waals surface area contributed by atoms with Gasteiger partial charge in [-0.25, -0.2) is 0 Å². The predicted octanol–water partition coefficient (Wildman–Crippen LogP) is 2.84. The van der Waals surface area contributed by atoms with Crippen LogP contribution in [0, 0.1) is 10.9 Å². The Bertz CT molecular complexity index is 450. The molecule has 13 heavy (non-hydrogen) atoms. The smallest absolute Gasteiger partial charge is 0.278 e. The molecular weight excluding hydrogens is 173 g/mol. The van der Waals surface area contributed by atoms with Crippen molar-refractivity contribution in [3.8, 4) is 0 Å². The predicted molar refractivity (Wildman–Crippen MR) is 45.7 cm³/mol. The van der Waals surface area contributed by atoms with E-state index in [9.17, 15) is 9.30 Å². The van der Waals surface area contributed by atoms with Crippen LogP contribution in [0.3, 0.4) is 0 Å². The average Bonchev–Trinajstić information content (AvgIpc) is 2.44. The zero-order chi connectivity index (χ0) is 9.26. The Morgan fingerprint density at radius 2 is 2.23 bits per heavy atom. The van der Waals surface area contributed by atoms with Crippen LogP contribution in [0.2, 0.25) is 0 Å². The molecule has 0 fully saturated rings. The summed E-state index contributed by atoms with van der Waals surface area (Å²) in [4.78, 5) is 9.97. The third-order valence-corrected chi connectivity index (χ3v) is 1.80. The van der Waals surface area contributed by atoms with Gasteiger partial charge in [0.2, 0.25) is 0 Å². The van der Waals surface area contributed by atoms with E-state index in [1.54, 1.807) is 18.2 Å². The summed E-state index contributed by atoms with van der Waals surface area (Å²) in [6, 6.07) is 5.66. The van der Waals surface area contributed by atoms with Crippen LogP contribution in [-0.2, 0) is 6.54 Å². The molecule has 0 spiro atoms. The van der Waals surface area contributed by atoms with Crippen LogP contribution in [0.4, 0.5) is 4.39 Å². The second-order valence-electron chi connectivity index (χ2n) is 2.71. The van der Waals surface area contributed by atoms with Gasteiger partial charge in [-0.1, -0.05) is 11.2 Å². The lowest BCUT2D eigenvalue weighted by Crippen LogP contribution is -1.77. The van der Waals surface area contributed by atoms with Crippen LogP contribution in [0.25, 0.3) is 11.0 Å². The SMILES string of the molecule is O=NCc1ccc2oc(F)cc2c1. The van der Waals surface area contributed by atoms with Crippen molar-refractivity contribution in [1.29, 1.82) is 0 Å². The van der Waals surface area contributed by atoms with E-state index in [1.807, 2.05) is 0 Å². The van der Waals surface area contributed by atoms with Gasteiger partial charge in [0.1, 0.15) is 12.1 Å². The summed E-state index contributed by atoms with van der Waals surface area (Å²) in [6.07, 6.45) is 0. The molecule has 1 aromatic carbocycles. The molecule has 2 rings (SSSR count). The van der Waals surface area contributed by atoms with E-state index in [4.69, 9.17) is 4.42 Å². The molecule has 3 nitrogen and oxygen atoms in total. The van der Waals surface area contributed by atoms with E-state index in [0.717, 1.165) is 5.56 Å². The zero-order valence-corrected chi connectivity index (χ0v) is 6.66. The largest absolute Gasteiger partial charge is 0.431 e. The molecule has 0 radical (unpaired) electrons. The van der Waals surface area contributed by atoms with Gasteiger partial charge in [0.15, 0.2) is 0 Å². The summed E-state index contributed by atoms with van der Waals surface area (Å²) in [5, 5.41) is 3.40. The van der Waals surface area contributed by atoms with Gasteiger partial charge < -0.3 is 4.42 Å². The van der Waals surface area contributed by atoms with E-state index in [-0.39, 0.29) is 6.54 Å². The maximum atomic E-state index is 12.6. The Hall–Kier alpha value is -1.71. The number of nitrogens with zero attached hydrogens (tertiary/aromatic N) is 1. The highest BCUT2D eigenvalue weighted by molar-refractivity contribution is 5.77. The number of benzene rings is 1. The molecule has 0 aliphatic carbocycles. The Labute approximate surface area is 73.1 Å². The van der Waals surface area contributed by atoms with E-state index >= 15 is 0 Å². The topological polar surface area (TPSA) is 42.6 Å². The third kappa shape index (κ3) is 1.42. The molecule has 0 bridgehead atoms. The molecule has 4 heteroatoms. The van der Waals surface area contributed by atoms with Crippen molar-refractivity contribution >= 4 is 11.0 Å². The summed E-state index contributed by atoms with van der Waals surface area (Å²) in [7, 11) is 0. The Morgan fingerprint density at radius 1 is 1.38 bits per heavy atom. The Balaban J connectivity index is 2.54. The lowest BCUT2D eigenvalue weighted by atomic mass is 10.2. The van der Waals surface area contributed by atoms with E-state index in [0.29, 0.717) is 11.0 Å². The maximum absolute atomic E-state index is 12.6. The molecule has 66 valence electrons. The van der Waals surface area contributed by atoms with E-state index < -0.39 is 6.01 Å². The number of rotatable bonds is 2. The second kappa shape index (κ2) is 2.97. The first-order chi connectivity index (χ1) is 6.29. The van der Waals surface area contributed by atoms with Crippen LogP contribution >= 0.6 is 0 Å². The lowest BCUT2D eigenvalue weighted by Gasteiger charge is -1.92. The van der Waals surface area contributed by atoms with Gasteiger partial charge in [-0.3, -0.25) is 0 Å². The average molecular weight is 179 g/mol. The fourth-order valence-electron chi connectivity index (χ4n) is 1.23. The minimum atomic E-state index is -0.619. The van der Waals surface area contributed by atoms with Gasteiger partial charge in [-0.15, -0.1) is 0 Å². The standard InChI is InChI=1S/C9H6FNO2/c10-9-4-7-3-6(5-11-12)1-2-8(7)13-9/h1-4H,5H2. The lowest BCUT2D eigenvalue weighted by molar-refractivity contribution is 0.381. The summed E-state index contributed by atoms with van der Waals surface area (Å²) in [5.41, 5.74) is 1.23. The third-order valence-electron chi connectivity index (χ3n) is 1.80. The van der Waals surface area contributed by atoms with Gasteiger partial charge in [-0.2, -0.15) is 9.30 Å². The molecule has 0 N–H and O–H groups in total. The highest BCUT2D eigenvalue weighted by atomic mass is 19.1. The summed E-state index contributed by atoms with van der Waals surface area (Å²) in [5.74, 6) is 0. The summed E-state index contributed by atoms with van der Waals surface area (Å²) >= 11 is 0. The van der Waals surface area contributed by atoms with Crippen molar-refractivity contribution in [2.45, 2.75) is 6.54 Å². The van der Waals surface area contributed by atoms with Crippen molar-refractivity contribution in [2.75, 3.05) is 0 Å². The molecule has 0 aliphatic heterocycles. The normalized spacial score (nSPS) is 10.5. The van der Waals surface area contributed by atoms with Gasteiger partial charge in [0.25, 0.3) is 6.01 Å². The molecular formula is C9H6FNO2. The number of furan rings is 1. The van der Waals surface area contributed by atoms with Crippen LogP contribution in [0.1, 0.15) is 5.56 Å². The fourth-order valence-corrected chi connectivity index (χ4v) is 1.23. The first-order valence-electron chi connectivity index (χ1n) is 3.76. The van der Waals surface area contributed by atoms with E-state index in [1.165, 1.54) is 6.07 Å². The summed E-state index contributed by atoms with van der Waals surface area (Å²) < 4.78 is 17.3. The molecule has 1 aromatic heterocycles. The van der Waals surface area contributed by atoms with Gasteiger partial charge in [0, 0.05) is 11.5 Å². The van der Waals surface area contributed by atoms with Crippen LogP contribution in [-0.4, -0.2) is 0 Å². The maximum Gasteiger partial charge on any atom is 0.278 e. The van der Waals surface area contributed by atoms with Crippen molar-refractivity contribution in [2.24, 2.45) is 5.18 Å². The Morgan fingerprint density at radius 3 is 3.00 bits per heavy atom. The molecule has 0 saturated carbocycles. The minimum absolute atomic E-state index is 0.0999. The second-order valence-corrected chi connectivity index (χ2v) is 2.71. The number of fused-ring (bicyclic) bond motifs is 1. The quantitative estimate of drug-likeness (QED) is 0.665. The van der Waals surface area contributed by atoms with Crippen molar-refractivity contribution in [3.05, 3.63) is 40.8 Å². The highest BCUT2D eigenvalue weighted by Crippen LogP contribution is 2.19. The van der Waals surface area contributed by atoms with Crippen LogP contribution in [0.5, 0.6) is 0 Å². The van der Waals surface area contributed by atoms with Crippen LogP contribution < -0.4 is 0 Å². The molecule has 0 amide bonds. The molecule has 0 saturated heterocycles. The molecule has 0 atom stereocenters. The fraction of sp³-hybridized carbons (Fsp3) is 0.111. The molecule has 2 aromatic rings. The van der Waals surface area contributed by atoms with Gasteiger partial charge in [0.05, 0.1) is 0 Å².